The Bertz CT molecular complexity index is 991. The van der Waals surface area contributed by atoms with E-state index < -0.39 is 11.6 Å². The van der Waals surface area contributed by atoms with Crippen LogP contribution in [0.4, 0.5) is 23.7 Å². The third-order valence-electron chi connectivity index (χ3n) is 6.72. The summed E-state index contributed by atoms with van der Waals surface area (Å²) in [6, 6.07) is 10.8. The summed E-state index contributed by atoms with van der Waals surface area (Å²) in [5, 5.41) is 2.99. The van der Waals surface area contributed by atoms with Gasteiger partial charge in [-0.2, -0.15) is 0 Å². The van der Waals surface area contributed by atoms with Crippen LogP contribution < -0.4 is 21.1 Å². The van der Waals surface area contributed by atoms with E-state index in [1.165, 1.54) is 12.1 Å². The molecule has 2 aliphatic rings. The number of amides is 2. The van der Waals surface area contributed by atoms with Gasteiger partial charge in [0.15, 0.2) is 11.6 Å². The molecule has 3 unspecified atom stereocenters. The quantitative estimate of drug-likeness (QED) is 0.541. The molecule has 34 heavy (non-hydrogen) atoms. The first-order valence-corrected chi connectivity index (χ1v) is 11.8. The number of urea groups is 1. The second-order valence-electron chi connectivity index (χ2n) is 9.28. The van der Waals surface area contributed by atoms with Crippen molar-refractivity contribution in [3.05, 3.63) is 65.5 Å². The Morgan fingerprint density at radius 3 is 2.79 bits per heavy atom. The Kier molecular flexibility index (Phi) is 7.95. The number of anilines is 1. The number of halogens is 3. The molecular weight excluding hydrogens is 443 g/mol. The minimum absolute atomic E-state index is 0.0825. The molecule has 0 aliphatic carbocycles. The number of carbonyl (C=O) groups excluding carboxylic acids is 1. The van der Waals surface area contributed by atoms with Crippen LogP contribution in [0.1, 0.15) is 37.3 Å². The molecule has 2 aromatic rings. The monoisotopic (exact) mass is 475 g/mol. The average molecular weight is 476 g/mol. The van der Waals surface area contributed by atoms with E-state index in [1.807, 2.05) is 11.0 Å². The van der Waals surface area contributed by atoms with Crippen LogP contribution in [0, 0.1) is 23.4 Å². The third-order valence-corrected chi connectivity index (χ3v) is 6.72. The zero-order valence-electron chi connectivity index (χ0n) is 19.4. The van der Waals surface area contributed by atoms with Gasteiger partial charge in [0.2, 0.25) is 0 Å². The molecule has 184 valence electrons. The lowest BCUT2D eigenvalue weighted by molar-refractivity contribution is 0.205. The van der Waals surface area contributed by atoms with E-state index in [4.69, 9.17) is 0 Å². The fraction of sp³-hybridized carbons (Fsp3) is 0.480. The summed E-state index contributed by atoms with van der Waals surface area (Å²) in [5.41, 5.74) is 8.10. The van der Waals surface area contributed by atoms with Gasteiger partial charge in [0.05, 0.1) is 0 Å². The lowest BCUT2D eigenvalue weighted by atomic mass is 9.99. The SMILES string of the molecule is CN(CCCC1CC(c2cccc(F)c2)NN1)C(=O)NCC1CCN(c2ccc(F)c(F)c2)C1. The van der Waals surface area contributed by atoms with Gasteiger partial charge in [-0.25, -0.2) is 18.0 Å². The van der Waals surface area contributed by atoms with E-state index in [9.17, 15) is 18.0 Å². The van der Waals surface area contributed by atoms with E-state index in [-0.39, 0.29) is 29.8 Å². The number of hydrogen-bond acceptors (Lipinski definition) is 4. The zero-order valence-corrected chi connectivity index (χ0v) is 19.4. The van der Waals surface area contributed by atoms with Gasteiger partial charge in [-0.1, -0.05) is 12.1 Å². The Balaban J connectivity index is 1.13. The number of nitrogens with zero attached hydrogens (tertiary/aromatic N) is 2. The molecule has 2 aromatic carbocycles. The number of benzene rings is 2. The van der Waals surface area contributed by atoms with Gasteiger partial charge in [0.25, 0.3) is 0 Å². The van der Waals surface area contributed by atoms with Crippen molar-refractivity contribution in [1.82, 2.24) is 21.1 Å². The van der Waals surface area contributed by atoms with Crippen LogP contribution in [-0.2, 0) is 0 Å². The van der Waals surface area contributed by atoms with Crippen molar-refractivity contribution in [2.45, 2.75) is 37.8 Å². The summed E-state index contributed by atoms with van der Waals surface area (Å²) >= 11 is 0. The van der Waals surface area contributed by atoms with E-state index in [0.717, 1.165) is 43.9 Å². The molecule has 4 rings (SSSR count). The smallest absolute Gasteiger partial charge is 0.317 e. The first-order valence-electron chi connectivity index (χ1n) is 11.8. The summed E-state index contributed by atoms with van der Waals surface area (Å²) in [6.45, 7) is 2.63. The van der Waals surface area contributed by atoms with Gasteiger partial charge >= 0.3 is 6.03 Å². The highest BCUT2D eigenvalue weighted by molar-refractivity contribution is 5.73. The van der Waals surface area contributed by atoms with E-state index in [0.29, 0.717) is 25.3 Å². The van der Waals surface area contributed by atoms with Gasteiger partial charge in [-0.15, -0.1) is 0 Å². The van der Waals surface area contributed by atoms with Crippen LogP contribution in [0.5, 0.6) is 0 Å². The van der Waals surface area contributed by atoms with Crippen molar-refractivity contribution in [2.24, 2.45) is 5.92 Å². The summed E-state index contributed by atoms with van der Waals surface area (Å²) in [5.74, 6) is -1.66. The van der Waals surface area contributed by atoms with E-state index in [1.54, 1.807) is 30.1 Å². The number of hydrazine groups is 1. The molecule has 2 aliphatic heterocycles. The van der Waals surface area contributed by atoms with Gasteiger partial charge in [-0.05, 0) is 61.4 Å². The predicted octanol–water partition coefficient (Wildman–Crippen LogP) is 3.96. The van der Waals surface area contributed by atoms with Crippen LogP contribution >= 0.6 is 0 Å². The summed E-state index contributed by atoms with van der Waals surface area (Å²) < 4.78 is 40.1. The molecule has 6 nitrogen and oxygen atoms in total. The minimum Gasteiger partial charge on any atom is -0.371 e. The summed E-state index contributed by atoms with van der Waals surface area (Å²) in [6.07, 6.45) is 3.51. The highest BCUT2D eigenvalue weighted by Crippen LogP contribution is 2.26. The summed E-state index contributed by atoms with van der Waals surface area (Å²) in [7, 11) is 1.79. The van der Waals surface area contributed by atoms with Gasteiger partial charge < -0.3 is 15.1 Å². The van der Waals surface area contributed by atoms with Gasteiger partial charge in [-0.3, -0.25) is 10.9 Å². The normalized spacial score (nSPS) is 22.2. The van der Waals surface area contributed by atoms with Crippen LogP contribution in [0.15, 0.2) is 42.5 Å². The molecule has 3 N–H and O–H groups in total. The van der Waals surface area contributed by atoms with E-state index >= 15 is 0 Å². The highest BCUT2D eigenvalue weighted by Gasteiger charge is 2.26. The third kappa shape index (κ3) is 6.21. The number of nitrogens with one attached hydrogen (secondary N) is 3. The maximum Gasteiger partial charge on any atom is 0.317 e. The molecule has 0 saturated carbocycles. The first-order chi connectivity index (χ1) is 16.4. The standard InChI is InChI=1S/C25H32F3N5O/c1-32(10-3-6-20-13-24(31-30-20)18-4-2-5-19(26)12-18)25(34)29-15-17-9-11-33(16-17)21-7-8-22(27)23(28)14-21/h2,4-5,7-8,12,14,17,20,24,30-31H,3,6,9-11,13,15-16H2,1H3,(H,29,34). The molecule has 2 saturated heterocycles. The van der Waals surface area contributed by atoms with Crippen molar-refractivity contribution in [2.75, 3.05) is 38.1 Å². The number of hydrogen-bond donors (Lipinski definition) is 3. The predicted molar refractivity (Wildman–Crippen MR) is 126 cm³/mol. The van der Waals surface area contributed by atoms with Crippen molar-refractivity contribution in [3.63, 3.8) is 0 Å². The second kappa shape index (κ2) is 11.1. The molecule has 0 bridgehead atoms. The number of carbonyl (C=O) groups is 1. The maximum absolute atomic E-state index is 13.5. The van der Waals surface area contributed by atoms with Crippen LogP contribution in [0.2, 0.25) is 0 Å². The molecule has 0 aromatic heterocycles. The lowest BCUT2D eigenvalue weighted by Gasteiger charge is -2.21. The molecule has 3 atom stereocenters. The van der Waals surface area contributed by atoms with Crippen molar-refractivity contribution >= 4 is 11.7 Å². The molecule has 0 spiro atoms. The highest BCUT2D eigenvalue weighted by atomic mass is 19.2. The van der Waals surface area contributed by atoms with Crippen LogP contribution in [0.25, 0.3) is 0 Å². The van der Waals surface area contributed by atoms with E-state index in [2.05, 4.69) is 16.2 Å². The first kappa shape index (κ1) is 24.3. The second-order valence-corrected chi connectivity index (χ2v) is 9.28. The van der Waals surface area contributed by atoms with Gasteiger partial charge in [0.1, 0.15) is 5.82 Å². The molecular formula is C25H32F3N5O. The zero-order chi connectivity index (χ0) is 24.1. The lowest BCUT2D eigenvalue weighted by Crippen LogP contribution is -2.40. The maximum atomic E-state index is 13.5. The van der Waals surface area contributed by atoms with Gasteiger partial charge in [0, 0.05) is 57.1 Å². The Morgan fingerprint density at radius 1 is 1.15 bits per heavy atom. The Hall–Kier alpha value is -2.78. The van der Waals surface area contributed by atoms with Crippen molar-refractivity contribution < 1.29 is 18.0 Å². The Morgan fingerprint density at radius 2 is 2.00 bits per heavy atom. The topological polar surface area (TPSA) is 59.6 Å². The minimum atomic E-state index is -0.846. The number of rotatable bonds is 8. The summed E-state index contributed by atoms with van der Waals surface area (Å²) in [4.78, 5) is 16.2. The largest absolute Gasteiger partial charge is 0.371 e. The molecule has 2 fully saturated rings. The fourth-order valence-corrected chi connectivity index (χ4v) is 4.71. The van der Waals surface area contributed by atoms with Crippen molar-refractivity contribution in [1.29, 1.82) is 0 Å². The van der Waals surface area contributed by atoms with Crippen molar-refractivity contribution in [3.8, 4) is 0 Å². The molecule has 2 heterocycles. The molecule has 9 heteroatoms. The Labute approximate surface area is 198 Å². The molecule has 0 radical (unpaired) electrons. The fourth-order valence-electron chi connectivity index (χ4n) is 4.71. The molecule has 2 amide bonds. The van der Waals surface area contributed by atoms with Crippen LogP contribution in [-0.4, -0.2) is 50.2 Å². The van der Waals surface area contributed by atoms with Crippen LogP contribution in [0.3, 0.4) is 0 Å². The average Bonchev–Trinajstić information content (AvgIpc) is 3.49.